The predicted molar refractivity (Wildman–Crippen MR) is 135 cm³/mol. The summed E-state index contributed by atoms with van der Waals surface area (Å²) < 4.78 is 27.3. The van der Waals surface area contributed by atoms with E-state index in [0.29, 0.717) is 32.2 Å². The molecule has 3 rings (SSSR count). The predicted octanol–water partition coefficient (Wildman–Crippen LogP) is 1.60. The van der Waals surface area contributed by atoms with Gasteiger partial charge in [0.2, 0.25) is 11.8 Å². The molecule has 0 aromatic carbocycles. The zero-order valence-corrected chi connectivity index (χ0v) is 22.9. The average molecular weight is 582 g/mol. The Labute approximate surface area is 230 Å². The van der Waals surface area contributed by atoms with Gasteiger partial charge in [-0.2, -0.15) is 0 Å². The molecule has 2 saturated heterocycles. The van der Waals surface area contributed by atoms with Gasteiger partial charge >= 0.3 is 0 Å². The number of carbonyl (C=O) groups excluding carboxylic acids is 5. The van der Waals surface area contributed by atoms with Gasteiger partial charge in [0.1, 0.15) is 12.1 Å². The van der Waals surface area contributed by atoms with Crippen LogP contribution in [0.25, 0.3) is 0 Å². The van der Waals surface area contributed by atoms with Crippen LogP contribution in [0.15, 0.2) is 0 Å². The Bertz CT molecular complexity index is 927. The molecule has 0 aromatic rings. The Balaban J connectivity index is 1.85. The van der Waals surface area contributed by atoms with Gasteiger partial charge in [-0.05, 0) is 43.4 Å². The number of fused-ring (bicyclic) bond motifs is 1. The molecular formula is C24H35Cl2F2N5O5. The van der Waals surface area contributed by atoms with Gasteiger partial charge in [0, 0.05) is 13.1 Å². The fourth-order valence-corrected chi connectivity index (χ4v) is 5.86. The molecule has 0 spiro atoms. The van der Waals surface area contributed by atoms with Crippen molar-refractivity contribution in [3.05, 3.63) is 0 Å². The number of carbonyl (C=O) groups is 5. The minimum Gasteiger partial charge on any atom is -0.356 e. The van der Waals surface area contributed by atoms with Crippen molar-refractivity contribution < 1.29 is 32.8 Å². The molecule has 8 atom stereocenters. The molecule has 3 N–H and O–H groups in total. The number of halogens is 4. The summed E-state index contributed by atoms with van der Waals surface area (Å²) >= 11 is 10.7. The molecule has 4 unspecified atom stereocenters. The molecule has 2 heterocycles. The number of nitrogens with one attached hydrogen (secondary N) is 3. The van der Waals surface area contributed by atoms with Gasteiger partial charge < -0.3 is 15.5 Å². The maximum atomic E-state index is 13.8. The Morgan fingerprint density at radius 2 is 1.84 bits per heavy atom. The van der Waals surface area contributed by atoms with E-state index >= 15 is 0 Å². The van der Waals surface area contributed by atoms with Crippen LogP contribution in [0.5, 0.6) is 0 Å². The van der Waals surface area contributed by atoms with Crippen LogP contribution in [0, 0.1) is 23.7 Å². The third-order valence-electron chi connectivity index (χ3n) is 7.92. The second kappa shape index (κ2) is 13.2. The molecule has 3 aliphatic rings. The van der Waals surface area contributed by atoms with Gasteiger partial charge in [-0.15, -0.1) is 0 Å². The minimum absolute atomic E-state index is 0.0140. The number of hydrogen-bond donors (Lipinski definition) is 3. The van der Waals surface area contributed by atoms with Crippen molar-refractivity contribution in [2.75, 3.05) is 19.6 Å². The first kappa shape index (κ1) is 30.3. The first-order valence-electron chi connectivity index (χ1n) is 13.0. The SMILES string of the molecule is CCC(C)C(NC(=O)C(F)Cl)C(=O)N1C[C@@H]2CCC[C@@H]2[C@H]1C(=O)NN(C[C@H]1CCCNC1=O)C(=O)C(F)Cl. The lowest BCUT2D eigenvalue weighted by molar-refractivity contribution is -0.150. The maximum absolute atomic E-state index is 13.8. The van der Waals surface area contributed by atoms with E-state index in [0.717, 1.165) is 17.9 Å². The highest BCUT2D eigenvalue weighted by Gasteiger charge is 2.51. The first-order valence-corrected chi connectivity index (χ1v) is 13.9. The molecule has 2 aliphatic heterocycles. The number of hydrazine groups is 1. The molecule has 5 amide bonds. The van der Waals surface area contributed by atoms with Gasteiger partial charge in [0.05, 0.1) is 12.5 Å². The Morgan fingerprint density at radius 3 is 2.45 bits per heavy atom. The van der Waals surface area contributed by atoms with Crippen LogP contribution in [-0.4, -0.2) is 82.4 Å². The highest BCUT2D eigenvalue weighted by atomic mass is 35.5. The number of nitrogens with zero attached hydrogens (tertiary/aromatic N) is 2. The second-order valence-electron chi connectivity index (χ2n) is 10.3. The molecule has 1 saturated carbocycles. The summed E-state index contributed by atoms with van der Waals surface area (Å²) in [7, 11) is 0. The summed E-state index contributed by atoms with van der Waals surface area (Å²) in [6.07, 6.45) is 3.86. The zero-order valence-electron chi connectivity index (χ0n) is 21.4. The molecule has 0 aromatic heterocycles. The third-order valence-corrected chi connectivity index (χ3v) is 8.30. The van der Waals surface area contributed by atoms with Crippen LogP contribution in [0.2, 0.25) is 0 Å². The minimum atomic E-state index is -2.45. The summed E-state index contributed by atoms with van der Waals surface area (Å²) in [6.45, 7) is 3.97. The van der Waals surface area contributed by atoms with Gasteiger partial charge in [0.15, 0.2) is 0 Å². The summed E-state index contributed by atoms with van der Waals surface area (Å²) in [5.74, 6) is -5.24. The molecule has 0 radical (unpaired) electrons. The van der Waals surface area contributed by atoms with E-state index in [2.05, 4.69) is 16.1 Å². The van der Waals surface area contributed by atoms with Crippen molar-refractivity contribution in [3.8, 4) is 0 Å². The van der Waals surface area contributed by atoms with Crippen molar-refractivity contribution in [2.45, 2.75) is 75.7 Å². The lowest BCUT2D eigenvalue weighted by Crippen LogP contribution is -2.60. The van der Waals surface area contributed by atoms with E-state index in [9.17, 15) is 32.8 Å². The number of alkyl halides is 4. The molecule has 214 valence electrons. The van der Waals surface area contributed by atoms with Crippen LogP contribution in [-0.2, 0) is 24.0 Å². The number of amides is 5. The van der Waals surface area contributed by atoms with E-state index in [-0.39, 0.29) is 30.8 Å². The normalized spacial score (nSPS) is 27.9. The number of rotatable bonds is 9. The monoisotopic (exact) mass is 581 g/mol. The third kappa shape index (κ3) is 6.86. The van der Waals surface area contributed by atoms with Crippen LogP contribution < -0.4 is 16.1 Å². The molecule has 3 fully saturated rings. The highest BCUT2D eigenvalue weighted by molar-refractivity contribution is 6.30. The van der Waals surface area contributed by atoms with Crippen LogP contribution >= 0.6 is 23.2 Å². The summed E-state index contributed by atoms with van der Waals surface area (Å²) in [5, 5.41) is 5.75. The lowest BCUT2D eigenvalue weighted by atomic mass is 9.93. The molecule has 14 heteroatoms. The van der Waals surface area contributed by atoms with Crippen LogP contribution in [0.1, 0.15) is 52.4 Å². The lowest BCUT2D eigenvalue weighted by Gasteiger charge is -2.35. The standard InChI is InChI=1S/C24H35Cl2F2N5O5/c1-3-12(2)16(30-22(36)18(25)27)23(37)32-10-13-6-4-8-15(13)17(32)21(35)31-33(24(38)19(26)28)11-14-7-5-9-29-20(14)34/h12-19H,3-11H2,1-2H3,(H,29,34)(H,30,36)(H,31,35)/t12?,13-,14+,15-,16?,17-,18?,19?/m0/s1. The highest BCUT2D eigenvalue weighted by Crippen LogP contribution is 2.42. The molecular weight excluding hydrogens is 547 g/mol. The van der Waals surface area contributed by atoms with E-state index in [4.69, 9.17) is 23.2 Å². The van der Waals surface area contributed by atoms with Crippen LogP contribution in [0.4, 0.5) is 8.78 Å². The number of hydrogen-bond acceptors (Lipinski definition) is 5. The second-order valence-corrected chi connectivity index (χ2v) is 11.1. The Hall–Kier alpha value is -2.21. The smallest absolute Gasteiger partial charge is 0.291 e. The van der Waals surface area contributed by atoms with Gasteiger partial charge in [-0.1, -0.05) is 49.9 Å². The number of piperidine rings is 1. The van der Waals surface area contributed by atoms with Crippen molar-refractivity contribution >= 4 is 52.7 Å². The molecule has 38 heavy (non-hydrogen) atoms. The van der Waals surface area contributed by atoms with E-state index in [1.807, 2.05) is 0 Å². The van der Waals surface area contributed by atoms with Crippen LogP contribution in [0.3, 0.4) is 0 Å². The Morgan fingerprint density at radius 1 is 1.13 bits per heavy atom. The quantitative estimate of drug-likeness (QED) is 0.281. The van der Waals surface area contributed by atoms with Gasteiger partial charge in [0.25, 0.3) is 29.0 Å². The molecule has 1 aliphatic carbocycles. The van der Waals surface area contributed by atoms with E-state index < -0.39 is 58.8 Å². The van der Waals surface area contributed by atoms with Crippen molar-refractivity contribution in [1.82, 2.24) is 26.0 Å². The van der Waals surface area contributed by atoms with Gasteiger partial charge in [-0.25, -0.2) is 13.8 Å². The maximum Gasteiger partial charge on any atom is 0.291 e. The fraction of sp³-hybridized carbons (Fsp3) is 0.792. The molecule has 10 nitrogen and oxygen atoms in total. The average Bonchev–Trinajstić information content (AvgIpc) is 3.48. The van der Waals surface area contributed by atoms with E-state index in [1.54, 1.807) is 13.8 Å². The number of likely N-dealkylation sites (tertiary alicyclic amines) is 1. The van der Waals surface area contributed by atoms with Crippen molar-refractivity contribution in [3.63, 3.8) is 0 Å². The van der Waals surface area contributed by atoms with Gasteiger partial charge in [-0.3, -0.25) is 29.4 Å². The van der Waals surface area contributed by atoms with Crippen molar-refractivity contribution in [1.29, 1.82) is 0 Å². The zero-order chi connectivity index (χ0) is 28.1. The summed E-state index contributed by atoms with van der Waals surface area (Å²) in [6, 6.07) is -2.14. The molecule has 0 bridgehead atoms. The van der Waals surface area contributed by atoms with E-state index in [1.165, 1.54) is 4.90 Å². The van der Waals surface area contributed by atoms with Crippen molar-refractivity contribution in [2.24, 2.45) is 23.7 Å². The first-order chi connectivity index (χ1) is 18.0. The Kier molecular flexibility index (Phi) is 10.6. The summed E-state index contributed by atoms with van der Waals surface area (Å²) in [5.41, 5.74) is -2.36. The topological polar surface area (TPSA) is 128 Å². The largest absolute Gasteiger partial charge is 0.356 e. The summed E-state index contributed by atoms with van der Waals surface area (Å²) in [4.78, 5) is 65.5. The fourth-order valence-electron chi connectivity index (χ4n) is 5.68.